The Morgan fingerprint density at radius 2 is 1.31 bits per heavy atom. The normalized spacial score (nSPS) is 11.4. The average Bonchev–Trinajstić information content (AvgIpc) is 3.24. The molecule has 0 radical (unpaired) electrons. The summed E-state index contributed by atoms with van der Waals surface area (Å²) in [6.45, 7) is 0.116. The molecule has 1 amide bonds. The predicted octanol–water partition coefficient (Wildman–Crippen LogP) is 6.65. The number of carbonyl (C=O) groups excluding carboxylic acids is 1. The summed E-state index contributed by atoms with van der Waals surface area (Å²) in [5.41, 5.74) is 1.16. The minimum absolute atomic E-state index is 0.0493. The Bertz CT molecular complexity index is 1640. The van der Waals surface area contributed by atoms with Crippen molar-refractivity contribution in [3.05, 3.63) is 143 Å². The highest BCUT2D eigenvalue weighted by Crippen LogP contribution is 2.33. The van der Waals surface area contributed by atoms with Gasteiger partial charge in [-0.2, -0.15) is 13.2 Å². The smallest absolute Gasteiger partial charge is 0.310 e. The molecule has 4 aromatic carbocycles. The monoisotopic (exact) mass is 527 g/mol. The highest BCUT2D eigenvalue weighted by molar-refractivity contribution is 6.08. The molecule has 0 bridgehead atoms. The summed E-state index contributed by atoms with van der Waals surface area (Å²) < 4.78 is 42.9. The molecular formula is C31H24F3N3O2. The van der Waals surface area contributed by atoms with Gasteiger partial charge >= 0.3 is 11.9 Å². The van der Waals surface area contributed by atoms with Gasteiger partial charge in [-0.1, -0.05) is 78.9 Å². The van der Waals surface area contributed by atoms with Crippen LogP contribution in [0.2, 0.25) is 0 Å². The van der Waals surface area contributed by atoms with Crippen LogP contribution in [0.5, 0.6) is 0 Å². The third kappa shape index (κ3) is 5.13. The Kier molecular flexibility index (Phi) is 6.94. The summed E-state index contributed by atoms with van der Waals surface area (Å²) in [5, 5.41) is 0. The molecule has 1 heterocycles. The minimum Gasteiger partial charge on any atom is -0.310 e. The van der Waals surface area contributed by atoms with Crippen LogP contribution in [0.4, 0.5) is 18.9 Å². The Morgan fingerprint density at radius 1 is 0.769 bits per heavy atom. The van der Waals surface area contributed by atoms with E-state index in [1.165, 1.54) is 26.2 Å². The van der Waals surface area contributed by atoms with Gasteiger partial charge in [-0.25, -0.2) is 4.79 Å². The Morgan fingerprint density at radius 3 is 1.87 bits per heavy atom. The van der Waals surface area contributed by atoms with Gasteiger partial charge in [0.15, 0.2) is 0 Å². The third-order valence-corrected chi connectivity index (χ3v) is 6.47. The molecule has 0 aliphatic carbocycles. The molecule has 8 heteroatoms. The lowest BCUT2D eigenvalue weighted by molar-refractivity contribution is -0.137. The summed E-state index contributed by atoms with van der Waals surface area (Å²) in [6.07, 6.45) is -4.52. The second-order valence-electron chi connectivity index (χ2n) is 9.00. The van der Waals surface area contributed by atoms with Crippen molar-refractivity contribution in [2.24, 2.45) is 0 Å². The van der Waals surface area contributed by atoms with E-state index in [9.17, 15) is 22.8 Å². The molecule has 0 atom stereocenters. The topological polar surface area (TPSA) is 47.2 Å². The molecule has 5 rings (SSSR count). The SMILES string of the molecule is CN(C(=O)c1c(-c2ccc(C(F)(F)F)cc2)n(Cc2ccccc2)c(=O)n1-c1ccccc1)c1ccccc1. The molecular weight excluding hydrogens is 503 g/mol. The lowest BCUT2D eigenvalue weighted by atomic mass is 10.1. The molecule has 5 nitrogen and oxygen atoms in total. The van der Waals surface area contributed by atoms with E-state index < -0.39 is 23.3 Å². The van der Waals surface area contributed by atoms with Crippen LogP contribution >= 0.6 is 0 Å². The Labute approximate surface area is 223 Å². The van der Waals surface area contributed by atoms with Crippen LogP contribution in [0.1, 0.15) is 21.6 Å². The number of imidazole rings is 1. The molecule has 0 saturated heterocycles. The van der Waals surface area contributed by atoms with E-state index >= 15 is 0 Å². The molecule has 0 saturated carbocycles. The highest BCUT2D eigenvalue weighted by atomic mass is 19.4. The predicted molar refractivity (Wildman–Crippen MR) is 145 cm³/mol. The number of anilines is 1. The van der Waals surface area contributed by atoms with E-state index in [4.69, 9.17) is 0 Å². The molecule has 0 fully saturated rings. The van der Waals surface area contributed by atoms with Crippen molar-refractivity contribution < 1.29 is 18.0 Å². The maximum atomic E-state index is 14.2. The van der Waals surface area contributed by atoms with Gasteiger partial charge in [0.25, 0.3) is 5.91 Å². The van der Waals surface area contributed by atoms with Gasteiger partial charge < -0.3 is 4.90 Å². The van der Waals surface area contributed by atoms with Crippen molar-refractivity contribution in [1.29, 1.82) is 0 Å². The average molecular weight is 528 g/mol. The highest BCUT2D eigenvalue weighted by Gasteiger charge is 2.32. The van der Waals surface area contributed by atoms with Crippen molar-refractivity contribution in [3.8, 4) is 16.9 Å². The molecule has 1 aromatic heterocycles. The molecule has 0 aliphatic heterocycles. The first-order chi connectivity index (χ1) is 18.8. The van der Waals surface area contributed by atoms with Crippen molar-refractivity contribution in [2.45, 2.75) is 12.7 Å². The number of nitrogens with zero attached hydrogens (tertiary/aromatic N) is 3. The Balaban J connectivity index is 1.80. The fourth-order valence-corrected chi connectivity index (χ4v) is 4.51. The van der Waals surface area contributed by atoms with E-state index in [0.717, 1.165) is 17.7 Å². The summed E-state index contributed by atoms with van der Waals surface area (Å²) in [6, 6.07) is 31.4. The maximum absolute atomic E-state index is 14.2. The van der Waals surface area contributed by atoms with Crippen LogP contribution in [0.3, 0.4) is 0 Å². The second-order valence-corrected chi connectivity index (χ2v) is 9.00. The fourth-order valence-electron chi connectivity index (χ4n) is 4.51. The number of halogens is 3. The van der Waals surface area contributed by atoms with Crippen LogP contribution in [-0.4, -0.2) is 22.1 Å². The molecule has 196 valence electrons. The number of alkyl halides is 3. The van der Waals surface area contributed by atoms with E-state index in [1.54, 1.807) is 61.6 Å². The number of amides is 1. The van der Waals surface area contributed by atoms with Crippen LogP contribution in [-0.2, 0) is 12.7 Å². The van der Waals surface area contributed by atoms with Crippen molar-refractivity contribution in [1.82, 2.24) is 9.13 Å². The summed E-state index contributed by atoms with van der Waals surface area (Å²) in [7, 11) is 1.60. The standard InChI is InChI=1S/C31H24F3N3O2/c1-35(25-13-7-3-8-14-25)29(38)28-27(23-17-19-24(20-18-23)31(32,33)34)36(21-22-11-5-2-6-12-22)30(39)37(28)26-15-9-4-10-16-26/h2-20H,21H2,1H3. The maximum Gasteiger partial charge on any atom is 0.416 e. The number of hydrogen-bond acceptors (Lipinski definition) is 2. The van der Waals surface area contributed by atoms with E-state index in [1.807, 2.05) is 36.4 Å². The van der Waals surface area contributed by atoms with Crippen molar-refractivity contribution >= 4 is 11.6 Å². The number of benzene rings is 4. The molecule has 5 aromatic rings. The van der Waals surface area contributed by atoms with Gasteiger partial charge in [0, 0.05) is 18.3 Å². The first kappa shape index (κ1) is 25.8. The molecule has 0 unspecified atom stereocenters. The zero-order valence-corrected chi connectivity index (χ0v) is 21.0. The first-order valence-corrected chi connectivity index (χ1v) is 12.2. The summed E-state index contributed by atoms with van der Waals surface area (Å²) >= 11 is 0. The van der Waals surface area contributed by atoms with E-state index in [2.05, 4.69) is 0 Å². The zero-order chi connectivity index (χ0) is 27.6. The molecule has 0 spiro atoms. The van der Waals surface area contributed by atoms with Crippen molar-refractivity contribution in [2.75, 3.05) is 11.9 Å². The number of aromatic nitrogens is 2. The van der Waals surface area contributed by atoms with Gasteiger partial charge in [-0.05, 0) is 42.0 Å². The largest absolute Gasteiger partial charge is 0.416 e. The lowest BCUT2D eigenvalue weighted by Gasteiger charge is -2.19. The third-order valence-electron chi connectivity index (χ3n) is 6.47. The van der Waals surface area contributed by atoms with Gasteiger partial charge in [-0.15, -0.1) is 0 Å². The van der Waals surface area contributed by atoms with E-state index in [-0.39, 0.29) is 17.9 Å². The van der Waals surface area contributed by atoms with Crippen LogP contribution in [0.25, 0.3) is 16.9 Å². The second kappa shape index (κ2) is 10.5. The quantitative estimate of drug-likeness (QED) is 0.248. The zero-order valence-electron chi connectivity index (χ0n) is 21.0. The van der Waals surface area contributed by atoms with Gasteiger partial charge in [0.1, 0.15) is 5.69 Å². The number of rotatable bonds is 6. The van der Waals surface area contributed by atoms with E-state index in [0.29, 0.717) is 16.9 Å². The van der Waals surface area contributed by atoms with Crippen molar-refractivity contribution in [3.63, 3.8) is 0 Å². The van der Waals surface area contributed by atoms with Gasteiger partial charge in [0.2, 0.25) is 0 Å². The van der Waals surface area contributed by atoms with Gasteiger partial charge in [-0.3, -0.25) is 13.9 Å². The summed E-state index contributed by atoms with van der Waals surface area (Å²) in [5.74, 6) is -0.483. The van der Waals surface area contributed by atoms with Crippen LogP contribution in [0.15, 0.2) is 120 Å². The minimum atomic E-state index is -4.52. The number of hydrogen-bond donors (Lipinski definition) is 0. The Hall–Kier alpha value is -4.85. The van der Waals surface area contributed by atoms with Crippen LogP contribution in [0, 0.1) is 0 Å². The lowest BCUT2D eigenvalue weighted by Crippen LogP contribution is -2.31. The molecule has 39 heavy (non-hydrogen) atoms. The molecule has 0 aliphatic rings. The van der Waals surface area contributed by atoms with Gasteiger partial charge in [0.05, 0.1) is 23.5 Å². The summed E-state index contributed by atoms with van der Waals surface area (Å²) in [4.78, 5) is 29.6. The number of para-hydroxylation sites is 2. The number of carbonyl (C=O) groups is 1. The fraction of sp³-hybridized carbons (Fsp3) is 0.0968. The van der Waals surface area contributed by atoms with Crippen LogP contribution < -0.4 is 10.6 Å². The molecule has 0 N–H and O–H groups in total. The first-order valence-electron chi connectivity index (χ1n) is 12.2.